The number of hydrogen-bond acceptors (Lipinski definition) is 3. The molecule has 0 unspecified atom stereocenters. The molecule has 0 aromatic rings. The summed E-state index contributed by atoms with van der Waals surface area (Å²) >= 11 is 0. The zero-order valence-corrected chi connectivity index (χ0v) is 11.9. The van der Waals surface area contributed by atoms with Crippen molar-refractivity contribution in [3.8, 4) is 0 Å². The molecule has 0 aromatic heterocycles. The standard InChI is InChI=1S/C12H24O3Si/c1-11(2)9-10-15-16(13-3,14-4)12-7-5-6-8-12/h9,12H,5-8,10H2,1-4H3. The first kappa shape index (κ1) is 13.9. The molecule has 0 saturated heterocycles. The topological polar surface area (TPSA) is 27.7 Å². The zero-order valence-electron chi connectivity index (χ0n) is 10.9. The fourth-order valence-corrected chi connectivity index (χ4v) is 4.99. The molecule has 1 aliphatic carbocycles. The molecule has 0 amide bonds. The summed E-state index contributed by atoms with van der Waals surface area (Å²) in [4.78, 5) is 0. The van der Waals surface area contributed by atoms with Gasteiger partial charge in [-0.05, 0) is 26.7 Å². The molecule has 0 atom stereocenters. The molecule has 0 bridgehead atoms. The van der Waals surface area contributed by atoms with Crippen molar-refractivity contribution in [2.24, 2.45) is 0 Å². The fourth-order valence-electron chi connectivity index (χ4n) is 2.26. The predicted octanol–water partition coefficient (Wildman–Crippen LogP) is 3.15. The summed E-state index contributed by atoms with van der Waals surface area (Å²) < 4.78 is 17.2. The van der Waals surface area contributed by atoms with Crippen LogP contribution in [-0.4, -0.2) is 29.6 Å². The van der Waals surface area contributed by atoms with Crippen LogP contribution in [0.2, 0.25) is 5.54 Å². The van der Waals surface area contributed by atoms with E-state index in [0.717, 1.165) is 0 Å². The van der Waals surface area contributed by atoms with Crippen LogP contribution in [0.3, 0.4) is 0 Å². The second-order valence-corrected chi connectivity index (χ2v) is 7.71. The number of allylic oxidation sites excluding steroid dienone is 1. The molecule has 94 valence electrons. The van der Waals surface area contributed by atoms with Crippen LogP contribution < -0.4 is 0 Å². The van der Waals surface area contributed by atoms with Crippen molar-refractivity contribution in [2.45, 2.75) is 45.1 Å². The van der Waals surface area contributed by atoms with Gasteiger partial charge in [0.15, 0.2) is 0 Å². The Kier molecular flexibility index (Phi) is 5.68. The highest BCUT2D eigenvalue weighted by Crippen LogP contribution is 2.39. The van der Waals surface area contributed by atoms with Gasteiger partial charge >= 0.3 is 8.80 Å². The lowest BCUT2D eigenvalue weighted by Gasteiger charge is -2.31. The van der Waals surface area contributed by atoms with E-state index in [1.165, 1.54) is 31.3 Å². The molecule has 0 spiro atoms. The van der Waals surface area contributed by atoms with Crippen molar-refractivity contribution in [1.29, 1.82) is 0 Å². The van der Waals surface area contributed by atoms with Crippen LogP contribution >= 0.6 is 0 Å². The Hall–Kier alpha value is -0.163. The molecule has 16 heavy (non-hydrogen) atoms. The van der Waals surface area contributed by atoms with E-state index in [0.29, 0.717) is 12.1 Å². The normalized spacial score (nSPS) is 17.8. The molecule has 1 saturated carbocycles. The van der Waals surface area contributed by atoms with E-state index in [4.69, 9.17) is 13.3 Å². The summed E-state index contributed by atoms with van der Waals surface area (Å²) in [6, 6.07) is 0. The highest BCUT2D eigenvalue weighted by molar-refractivity contribution is 6.62. The van der Waals surface area contributed by atoms with E-state index in [1.807, 2.05) is 0 Å². The van der Waals surface area contributed by atoms with Crippen LogP contribution in [0, 0.1) is 0 Å². The summed E-state index contributed by atoms with van der Waals surface area (Å²) in [5, 5.41) is 0. The van der Waals surface area contributed by atoms with Crippen molar-refractivity contribution >= 4 is 8.80 Å². The Morgan fingerprint density at radius 3 is 2.19 bits per heavy atom. The Morgan fingerprint density at radius 2 is 1.75 bits per heavy atom. The first-order chi connectivity index (χ1) is 7.64. The Bertz CT molecular complexity index is 226. The van der Waals surface area contributed by atoms with Gasteiger partial charge in [0, 0.05) is 19.8 Å². The molecule has 0 aliphatic heterocycles. The lowest BCUT2D eigenvalue weighted by molar-refractivity contribution is 0.0982. The number of hydrogen-bond donors (Lipinski definition) is 0. The second-order valence-electron chi connectivity index (χ2n) is 4.59. The largest absolute Gasteiger partial charge is 0.503 e. The molecule has 4 heteroatoms. The summed E-state index contributed by atoms with van der Waals surface area (Å²) in [7, 11) is 1.02. The third kappa shape index (κ3) is 3.42. The van der Waals surface area contributed by atoms with Gasteiger partial charge in [0.2, 0.25) is 0 Å². The van der Waals surface area contributed by atoms with Crippen molar-refractivity contribution in [3.63, 3.8) is 0 Å². The molecule has 1 fully saturated rings. The fraction of sp³-hybridized carbons (Fsp3) is 0.833. The Balaban J connectivity index is 2.59. The second kappa shape index (κ2) is 6.54. The van der Waals surface area contributed by atoms with Crippen molar-refractivity contribution in [2.75, 3.05) is 20.8 Å². The minimum absolute atomic E-state index is 0.494. The predicted molar refractivity (Wildman–Crippen MR) is 67.4 cm³/mol. The van der Waals surface area contributed by atoms with Gasteiger partial charge in [-0.2, -0.15) is 0 Å². The van der Waals surface area contributed by atoms with Gasteiger partial charge in [-0.1, -0.05) is 24.5 Å². The van der Waals surface area contributed by atoms with Crippen molar-refractivity contribution < 1.29 is 13.3 Å². The average Bonchev–Trinajstić information content (AvgIpc) is 2.78. The van der Waals surface area contributed by atoms with Gasteiger partial charge in [0.05, 0.1) is 6.61 Å². The van der Waals surface area contributed by atoms with Crippen molar-refractivity contribution in [3.05, 3.63) is 11.6 Å². The highest BCUT2D eigenvalue weighted by Gasteiger charge is 2.48. The van der Waals surface area contributed by atoms with Gasteiger partial charge < -0.3 is 13.3 Å². The molecule has 3 nitrogen and oxygen atoms in total. The number of rotatable bonds is 6. The van der Waals surface area contributed by atoms with Gasteiger partial charge in [0.1, 0.15) is 0 Å². The van der Waals surface area contributed by atoms with Gasteiger partial charge in [-0.25, -0.2) is 0 Å². The minimum atomic E-state index is -2.42. The van der Waals surface area contributed by atoms with E-state index >= 15 is 0 Å². The van der Waals surface area contributed by atoms with Crippen LogP contribution in [0.5, 0.6) is 0 Å². The van der Waals surface area contributed by atoms with E-state index in [-0.39, 0.29) is 0 Å². The molecule has 0 N–H and O–H groups in total. The quantitative estimate of drug-likeness (QED) is 0.530. The van der Waals surface area contributed by atoms with Crippen LogP contribution in [0.4, 0.5) is 0 Å². The third-order valence-electron chi connectivity index (χ3n) is 3.20. The molecule has 0 aromatic carbocycles. The first-order valence-corrected chi connectivity index (χ1v) is 7.82. The average molecular weight is 244 g/mol. The monoisotopic (exact) mass is 244 g/mol. The van der Waals surface area contributed by atoms with E-state index in [9.17, 15) is 0 Å². The van der Waals surface area contributed by atoms with Gasteiger partial charge in [-0.3, -0.25) is 0 Å². The smallest absolute Gasteiger partial charge is 0.377 e. The van der Waals surface area contributed by atoms with Crippen LogP contribution in [0.1, 0.15) is 39.5 Å². The maximum absolute atomic E-state index is 5.94. The Labute approximate surface area is 100 Å². The first-order valence-electron chi connectivity index (χ1n) is 6.02. The molecule has 0 heterocycles. The third-order valence-corrected chi connectivity index (χ3v) is 6.48. The minimum Gasteiger partial charge on any atom is -0.377 e. The van der Waals surface area contributed by atoms with E-state index < -0.39 is 8.80 Å². The maximum atomic E-state index is 5.94. The SMILES string of the molecule is CO[Si](OC)(OCC=C(C)C)C1CCCC1. The highest BCUT2D eigenvalue weighted by atomic mass is 28.4. The van der Waals surface area contributed by atoms with E-state index in [1.54, 1.807) is 14.2 Å². The zero-order chi connectivity index (χ0) is 12.0. The lowest BCUT2D eigenvalue weighted by Crippen LogP contribution is -2.48. The maximum Gasteiger partial charge on any atom is 0.503 e. The van der Waals surface area contributed by atoms with Gasteiger partial charge in [-0.15, -0.1) is 0 Å². The van der Waals surface area contributed by atoms with Crippen LogP contribution in [-0.2, 0) is 13.3 Å². The van der Waals surface area contributed by atoms with Crippen molar-refractivity contribution in [1.82, 2.24) is 0 Å². The summed E-state index contributed by atoms with van der Waals surface area (Å²) in [5.74, 6) is 0. The summed E-state index contributed by atoms with van der Waals surface area (Å²) in [5.41, 5.74) is 1.76. The Morgan fingerprint density at radius 1 is 1.19 bits per heavy atom. The van der Waals surface area contributed by atoms with Gasteiger partial charge in [0.25, 0.3) is 0 Å². The van der Waals surface area contributed by atoms with Crippen LogP contribution in [0.25, 0.3) is 0 Å². The van der Waals surface area contributed by atoms with E-state index in [2.05, 4.69) is 19.9 Å². The lowest BCUT2D eigenvalue weighted by atomic mass is 10.3. The molecular weight excluding hydrogens is 220 g/mol. The molecule has 1 rings (SSSR count). The summed E-state index contributed by atoms with van der Waals surface area (Å²) in [6.07, 6.45) is 7.00. The molecular formula is C12H24O3Si. The summed E-state index contributed by atoms with van der Waals surface area (Å²) in [6.45, 7) is 4.75. The molecule has 0 radical (unpaired) electrons. The molecule has 1 aliphatic rings. The van der Waals surface area contributed by atoms with Crippen LogP contribution in [0.15, 0.2) is 11.6 Å².